The fourth-order valence-corrected chi connectivity index (χ4v) is 1.01. The molecule has 0 saturated heterocycles. The topological polar surface area (TPSA) is 49.4 Å². The lowest BCUT2D eigenvalue weighted by atomic mass is 10.3. The summed E-state index contributed by atoms with van der Waals surface area (Å²) in [7, 11) is 0. The van der Waals surface area contributed by atoms with Crippen LogP contribution in [0.3, 0.4) is 0 Å². The van der Waals surface area contributed by atoms with Crippen molar-refractivity contribution in [2.75, 3.05) is 0 Å². The molecule has 0 N–H and O–H groups in total. The summed E-state index contributed by atoms with van der Waals surface area (Å²) >= 11 is -3.45. The van der Waals surface area contributed by atoms with E-state index >= 15 is 0 Å². The maximum absolute atomic E-state index is 12.6. The molecule has 0 amide bonds. The van der Waals surface area contributed by atoms with Crippen molar-refractivity contribution >= 4 is 11.4 Å². The highest BCUT2D eigenvalue weighted by molar-refractivity contribution is 7.74. The van der Waals surface area contributed by atoms with Crippen molar-refractivity contribution in [3.63, 3.8) is 0 Å². The van der Waals surface area contributed by atoms with E-state index in [-0.39, 0.29) is 0 Å². The van der Waals surface area contributed by atoms with Gasteiger partial charge in [0.25, 0.3) is 0 Å². The van der Waals surface area contributed by atoms with E-state index in [0.717, 1.165) is 0 Å². The first-order valence-electron chi connectivity index (χ1n) is 3.15. The fraction of sp³-hybridized carbons (Fsp3) is 0. The summed E-state index contributed by atoms with van der Waals surface area (Å²) in [4.78, 5) is 0. The van der Waals surface area contributed by atoms with Crippen LogP contribution in [0.4, 0.5) is 22.0 Å². The van der Waals surface area contributed by atoms with E-state index in [0.29, 0.717) is 0 Å². The molecule has 0 radical (unpaired) electrons. The molecule has 9 heteroatoms. The largest absolute Gasteiger partial charge is 0.740 e. The Morgan fingerprint density at radius 3 is 1.53 bits per heavy atom. The molecule has 0 aromatic heterocycles. The number of halogens is 5. The Kier molecular flexibility index (Phi) is 3.25. The highest BCUT2D eigenvalue weighted by atomic mass is 32.2. The second kappa shape index (κ2) is 4.11. The van der Waals surface area contributed by atoms with Gasteiger partial charge in [-0.05, 0) is 0 Å². The summed E-state index contributed by atoms with van der Waals surface area (Å²) in [5.74, 6) is -13.5. The third kappa shape index (κ3) is 2.07. The Bertz CT molecular complexity index is 406. The average Bonchev–Trinajstić information content (AvgIpc) is 2.18. The predicted molar refractivity (Wildman–Crippen MR) is 35.8 cm³/mol. The molecule has 1 aromatic rings. The lowest BCUT2D eigenvalue weighted by Crippen LogP contribution is -2.08. The molecule has 0 bridgehead atoms. The second-order valence-electron chi connectivity index (χ2n) is 2.19. The fourth-order valence-electron chi connectivity index (χ4n) is 0.726. The summed E-state index contributed by atoms with van der Waals surface area (Å²) in [6, 6.07) is 0. The summed E-state index contributed by atoms with van der Waals surface area (Å²) in [5.41, 5.74) is 0. The molecule has 1 atom stereocenters. The minimum atomic E-state index is -3.45. The van der Waals surface area contributed by atoms with E-state index in [1.165, 1.54) is 0 Å². The number of rotatable bonds is 2. The second-order valence-corrected chi connectivity index (χ2v) is 2.76. The van der Waals surface area contributed by atoms with Gasteiger partial charge >= 0.3 is 0 Å². The van der Waals surface area contributed by atoms with Crippen LogP contribution in [0.2, 0.25) is 0 Å². The van der Waals surface area contributed by atoms with Crippen LogP contribution in [0.15, 0.2) is 0 Å². The molecule has 84 valence electrons. The van der Waals surface area contributed by atoms with Gasteiger partial charge in [0, 0.05) is 0 Å². The van der Waals surface area contributed by atoms with Crippen molar-refractivity contribution in [3.8, 4) is 5.75 Å². The van der Waals surface area contributed by atoms with E-state index < -0.39 is 46.2 Å². The Labute approximate surface area is 82.0 Å². The highest BCUT2D eigenvalue weighted by Crippen LogP contribution is 2.29. The lowest BCUT2D eigenvalue weighted by Gasteiger charge is -2.10. The predicted octanol–water partition coefficient (Wildman–Crippen LogP) is 1.56. The van der Waals surface area contributed by atoms with Crippen molar-refractivity contribution in [1.82, 2.24) is 0 Å². The molecule has 0 fully saturated rings. The highest BCUT2D eigenvalue weighted by Gasteiger charge is 2.27. The molecule has 0 spiro atoms. The first kappa shape index (κ1) is 11.9. The van der Waals surface area contributed by atoms with Gasteiger partial charge in [-0.25, -0.2) is 17.4 Å². The number of hydrogen-bond acceptors (Lipinski definition) is 3. The zero-order valence-corrected chi connectivity index (χ0v) is 7.34. The molecule has 0 aliphatic heterocycles. The molecule has 0 aliphatic carbocycles. The van der Waals surface area contributed by atoms with Gasteiger partial charge in [-0.2, -0.15) is 8.78 Å². The van der Waals surface area contributed by atoms with E-state index in [2.05, 4.69) is 4.18 Å². The average molecular weight is 247 g/mol. The Morgan fingerprint density at radius 1 is 0.867 bits per heavy atom. The van der Waals surface area contributed by atoms with E-state index in [9.17, 15) is 30.7 Å². The molecular formula is C6F5O3S-. The van der Waals surface area contributed by atoms with Crippen LogP contribution in [-0.4, -0.2) is 8.76 Å². The molecular weight excluding hydrogens is 247 g/mol. The minimum absolute atomic E-state index is 1.86. The quantitative estimate of drug-likeness (QED) is 0.345. The van der Waals surface area contributed by atoms with Gasteiger partial charge in [0.15, 0.2) is 0 Å². The van der Waals surface area contributed by atoms with Gasteiger partial charge in [-0.15, -0.1) is 0 Å². The SMILES string of the molecule is O=S([O-])Oc1c(F)c(F)c(F)c(F)c1F. The Morgan fingerprint density at radius 2 is 1.20 bits per heavy atom. The molecule has 1 rings (SSSR count). The maximum atomic E-state index is 12.6. The van der Waals surface area contributed by atoms with Gasteiger partial charge in [0.1, 0.15) is 11.4 Å². The van der Waals surface area contributed by atoms with Crippen LogP contribution in [-0.2, 0) is 11.4 Å². The molecule has 3 nitrogen and oxygen atoms in total. The summed E-state index contributed by atoms with van der Waals surface area (Å²) in [6.07, 6.45) is 0. The minimum Gasteiger partial charge on any atom is -0.740 e. The van der Waals surface area contributed by atoms with Crippen LogP contribution in [0.1, 0.15) is 0 Å². The lowest BCUT2D eigenvalue weighted by molar-refractivity contribution is 0.341. The molecule has 1 unspecified atom stereocenters. The Balaban J connectivity index is 3.45. The molecule has 15 heavy (non-hydrogen) atoms. The van der Waals surface area contributed by atoms with Crippen LogP contribution in [0.5, 0.6) is 5.75 Å². The van der Waals surface area contributed by atoms with Crippen LogP contribution in [0, 0.1) is 29.1 Å². The van der Waals surface area contributed by atoms with Crippen molar-refractivity contribution in [1.29, 1.82) is 0 Å². The van der Waals surface area contributed by atoms with Crippen molar-refractivity contribution < 1.29 is 34.9 Å². The number of hydrogen-bond donors (Lipinski definition) is 0. The van der Waals surface area contributed by atoms with Gasteiger partial charge in [0.05, 0.1) is 0 Å². The van der Waals surface area contributed by atoms with Gasteiger partial charge in [-0.1, -0.05) is 0 Å². The first-order chi connectivity index (χ1) is 6.86. The van der Waals surface area contributed by atoms with Crippen molar-refractivity contribution in [2.24, 2.45) is 0 Å². The summed E-state index contributed by atoms with van der Waals surface area (Å²) < 4.78 is 85.7. The third-order valence-electron chi connectivity index (χ3n) is 1.32. The standard InChI is InChI=1S/C6HF5O3S/c7-1-2(8)4(10)6(14-15(12)13)5(11)3(1)9/h(H,12,13)/p-1. The zero-order valence-electron chi connectivity index (χ0n) is 6.52. The van der Waals surface area contributed by atoms with E-state index in [1.54, 1.807) is 0 Å². The van der Waals surface area contributed by atoms with Gasteiger partial charge in [0.2, 0.25) is 34.8 Å². The first-order valence-corrected chi connectivity index (χ1v) is 4.15. The van der Waals surface area contributed by atoms with Crippen LogP contribution >= 0.6 is 0 Å². The normalized spacial score (nSPS) is 12.7. The smallest absolute Gasteiger partial charge is 0.216 e. The van der Waals surface area contributed by atoms with Gasteiger partial charge < -0.3 is 8.74 Å². The third-order valence-corrected chi connectivity index (χ3v) is 1.62. The molecule has 0 saturated carbocycles. The van der Waals surface area contributed by atoms with Gasteiger partial charge in [-0.3, -0.25) is 0 Å². The number of benzene rings is 1. The maximum Gasteiger partial charge on any atom is 0.216 e. The van der Waals surface area contributed by atoms with E-state index in [1.807, 2.05) is 0 Å². The van der Waals surface area contributed by atoms with E-state index in [4.69, 9.17) is 0 Å². The summed E-state index contributed by atoms with van der Waals surface area (Å²) in [5, 5.41) is 0. The van der Waals surface area contributed by atoms with Crippen molar-refractivity contribution in [2.45, 2.75) is 0 Å². The molecule has 0 aliphatic rings. The molecule has 1 aromatic carbocycles. The monoisotopic (exact) mass is 247 g/mol. The summed E-state index contributed by atoms with van der Waals surface area (Å²) in [6.45, 7) is 0. The zero-order chi connectivity index (χ0) is 11.7. The van der Waals surface area contributed by atoms with Crippen LogP contribution < -0.4 is 4.18 Å². The van der Waals surface area contributed by atoms with Crippen molar-refractivity contribution in [3.05, 3.63) is 29.1 Å². The Hall–Kier alpha value is -1.22. The van der Waals surface area contributed by atoms with Crippen LogP contribution in [0.25, 0.3) is 0 Å². The molecule has 0 heterocycles.